The fraction of sp³-hybridized carbons (Fsp3) is 0.368. The first-order valence-corrected chi connectivity index (χ1v) is 8.83. The molecule has 6 nitrogen and oxygen atoms in total. The van der Waals surface area contributed by atoms with Crippen molar-refractivity contribution in [3.63, 3.8) is 0 Å². The maximum atomic E-state index is 13.4. The summed E-state index contributed by atoms with van der Waals surface area (Å²) in [6.07, 6.45) is 1.88. The molecule has 2 aromatic heterocycles. The van der Waals surface area contributed by atoms with E-state index in [0.717, 1.165) is 62.1 Å². The second-order valence-corrected chi connectivity index (χ2v) is 6.72. The van der Waals surface area contributed by atoms with E-state index in [1.165, 1.54) is 12.1 Å². The largest absolute Gasteiger partial charge is 0.360 e. The molecule has 0 atom stereocenters. The molecule has 1 aliphatic rings. The molecule has 0 radical (unpaired) electrons. The van der Waals surface area contributed by atoms with E-state index in [1.807, 2.05) is 31.3 Å². The highest BCUT2D eigenvalue weighted by Gasteiger charge is 2.19. The van der Waals surface area contributed by atoms with Crippen LogP contribution in [0.5, 0.6) is 0 Å². The Bertz CT molecular complexity index is 866. The molecule has 3 aromatic rings. The van der Waals surface area contributed by atoms with Gasteiger partial charge >= 0.3 is 0 Å². The predicted octanol–water partition coefficient (Wildman–Crippen LogP) is 2.63. The number of piperazine rings is 1. The van der Waals surface area contributed by atoms with Gasteiger partial charge in [-0.1, -0.05) is 11.2 Å². The van der Waals surface area contributed by atoms with E-state index in [-0.39, 0.29) is 5.82 Å². The second-order valence-electron chi connectivity index (χ2n) is 6.72. The summed E-state index contributed by atoms with van der Waals surface area (Å²) in [5.41, 5.74) is 2.66. The van der Waals surface area contributed by atoms with Crippen LogP contribution in [-0.2, 0) is 13.1 Å². The predicted molar refractivity (Wildman–Crippen MR) is 95.3 cm³/mol. The lowest BCUT2D eigenvalue weighted by Gasteiger charge is -2.33. The zero-order valence-electron chi connectivity index (χ0n) is 14.8. The fourth-order valence-electron chi connectivity index (χ4n) is 3.25. The smallest absolute Gasteiger partial charge is 0.150 e. The minimum Gasteiger partial charge on any atom is -0.360 e. The van der Waals surface area contributed by atoms with Crippen molar-refractivity contribution >= 4 is 0 Å². The van der Waals surface area contributed by atoms with Gasteiger partial charge in [-0.25, -0.2) is 9.07 Å². The topological polar surface area (TPSA) is 50.3 Å². The Balaban J connectivity index is 1.30. The van der Waals surface area contributed by atoms with Gasteiger partial charge in [0.25, 0.3) is 0 Å². The Morgan fingerprint density at radius 1 is 1.04 bits per heavy atom. The van der Waals surface area contributed by atoms with Crippen LogP contribution in [0.15, 0.2) is 47.1 Å². The molecule has 0 spiro atoms. The van der Waals surface area contributed by atoms with E-state index in [1.54, 1.807) is 10.7 Å². The zero-order chi connectivity index (χ0) is 17.9. The van der Waals surface area contributed by atoms with Crippen LogP contribution in [0, 0.1) is 12.7 Å². The van der Waals surface area contributed by atoms with Gasteiger partial charge in [-0.2, -0.15) is 5.10 Å². The average molecular weight is 355 g/mol. The molecule has 0 bridgehead atoms. The van der Waals surface area contributed by atoms with Gasteiger partial charge in [0, 0.05) is 45.0 Å². The van der Waals surface area contributed by atoms with E-state index < -0.39 is 0 Å². The number of hydrogen-bond donors (Lipinski definition) is 0. The van der Waals surface area contributed by atoms with Gasteiger partial charge in [0.05, 0.1) is 23.6 Å². The SMILES string of the molecule is Cc1cc(CN2CCN(Cc3ccn(-c4cccc(F)c4)n3)CC2)on1. The van der Waals surface area contributed by atoms with Gasteiger partial charge < -0.3 is 4.52 Å². The third kappa shape index (κ3) is 4.00. The number of aromatic nitrogens is 3. The third-order valence-corrected chi connectivity index (χ3v) is 4.62. The summed E-state index contributed by atoms with van der Waals surface area (Å²) in [6.45, 7) is 7.50. The lowest BCUT2D eigenvalue weighted by Crippen LogP contribution is -2.45. The van der Waals surface area contributed by atoms with Gasteiger partial charge in [0.1, 0.15) is 5.82 Å². The van der Waals surface area contributed by atoms with Gasteiger partial charge in [-0.15, -0.1) is 0 Å². The van der Waals surface area contributed by atoms with Crippen molar-refractivity contribution in [2.45, 2.75) is 20.0 Å². The van der Waals surface area contributed by atoms with Gasteiger partial charge in [-0.05, 0) is 31.2 Å². The number of aryl methyl sites for hydroxylation is 1. The molecular weight excluding hydrogens is 333 g/mol. The van der Waals surface area contributed by atoms with Crippen LogP contribution < -0.4 is 0 Å². The number of rotatable bonds is 5. The van der Waals surface area contributed by atoms with Gasteiger partial charge in [0.15, 0.2) is 5.76 Å². The van der Waals surface area contributed by atoms with Crippen molar-refractivity contribution in [3.05, 3.63) is 65.6 Å². The molecule has 0 N–H and O–H groups in total. The summed E-state index contributed by atoms with van der Waals surface area (Å²) in [6, 6.07) is 10.5. The van der Waals surface area contributed by atoms with Crippen molar-refractivity contribution in [3.8, 4) is 5.69 Å². The Kier molecular flexibility index (Phi) is 4.81. The van der Waals surface area contributed by atoms with Gasteiger partial charge in [-0.3, -0.25) is 9.80 Å². The van der Waals surface area contributed by atoms with E-state index >= 15 is 0 Å². The molecule has 0 saturated carbocycles. The summed E-state index contributed by atoms with van der Waals surface area (Å²) in [5.74, 6) is 0.669. The Morgan fingerprint density at radius 3 is 2.50 bits per heavy atom. The van der Waals surface area contributed by atoms with Crippen LogP contribution >= 0.6 is 0 Å². The molecule has 1 saturated heterocycles. The molecular formula is C19H22FN5O. The number of benzene rings is 1. The molecule has 3 heterocycles. The summed E-state index contributed by atoms with van der Waals surface area (Å²) in [4.78, 5) is 4.77. The minimum atomic E-state index is -0.252. The van der Waals surface area contributed by atoms with Gasteiger partial charge in [0.2, 0.25) is 0 Å². The van der Waals surface area contributed by atoms with Crippen LogP contribution in [-0.4, -0.2) is 50.9 Å². The van der Waals surface area contributed by atoms with Crippen LogP contribution in [0.2, 0.25) is 0 Å². The number of hydrogen-bond acceptors (Lipinski definition) is 5. The Labute approximate surface area is 151 Å². The highest BCUT2D eigenvalue weighted by atomic mass is 19.1. The quantitative estimate of drug-likeness (QED) is 0.704. The Morgan fingerprint density at radius 2 is 1.81 bits per heavy atom. The van der Waals surface area contributed by atoms with Crippen LogP contribution in [0.1, 0.15) is 17.1 Å². The molecule has 0 amide bonds. The first-order chi connectivity index (χ1) is 12.7. The molecule has 4 rings (SSSR count). The molecule has 7 heteroatoms. The van der Waals surface area contributed by atoms with Crippen molar-refractivity contribution < 1.29 is 8.91 Å². The van der Waals surface area contributed by atoms with E-state index in [4.69, 9.17) is 4.52 Å². The summed E-state index contributed by atoms with van der Waals surface area (Å²) in [5, 5.41) is 8.52. The number of nitrogens with zero attached hydrogens (tertiary/aromatic N) is 5. The van der Waals surface area contributed by atoms with Crippen molar-refractivity contribution in [1.82, 2.24) is 24.7 Å². The summed E-state index contributed by atoms with van der Waals surface area (Å²) in [7, 11) is 0. The molecule has 1 aliphatic heterocycles. The molecule has 26 heavy (non-hydrogen) atoms. The van der Waals surface area contributed by atoms with Crippen LogP contribution in [0.25, 0.3) is 5.69 Å². The molecule has 136 valence electrons. The van der Waals surface area contributed by atoms with Crippen molar-refractivity contribution in [1.29, 1.82) is 0 Å². The van der Waals surface area contributed by atoms with Crippen LogP contribution in [0.4, 0.5) is 4.39 Å². The fourth-order valence-corrected chi connectivity index (χ4v) is 3.25. The lowest BCUT2D eigenvalue weighted by molar-refractivity contribution is 0.112. The maximum absolute atomic E-state index is 13.4. The average Bonchev–Trinajstić information content (AvgIpc) is 3.26. The molecule has 0 unspecified atom stereocenters. The van der Waals surface area contributed by atoms with Crippen LogP contribution in [0.3, 0.4) is 0 Å². The molecule has 1 fully saturated rings. The third-order valence-electron chi connectivity index (χ3n) is 4.62. The Hall–Kier alpha value is -2.51. The second kappa shape index (κ2) is 7.39. The standard InChI is InChI=1S/C19H22FN5O/c1-15-11-19(26-22-15)14-24-9-7-23(8-10-24)13-17-5-6-25(21-17)18-4-2-3-16(20)12-18/h2-6,11-12H,7-10,13-14H2,1H3. The van der Waals surface area contributed by atoms with E-state index in [9.17, 15) is 4.39 Å². The first kappa shape index (κ1) is 16.9. The molecule has 1 aromatic carbocycles. The first-order valence-electron chi connectivity index (χ1n) is 8.83. The van der Waals surface area contributed by atoms with Crippen molar-refractivity contribution in [2.75, 3.05) is 26.2 Å². The normalized spacial score (nSPS) is 16.2. The molecule has 0 aliphatic carbocycles. The summed E-state index contributed by atoms with van der Waals surface area (Å²) < 4.78 is 20.4. The lowest BCUT2D eigenvalue weighted by atomic mass is 10.2. The zero-order valence-corrected chi connectivity index (χ0v) is 14.8. The highest BCUT2D eigenvalue weighted by molar-refractivity contribution is 5.31. The maximum Gasteiger partial charge on any atom is 0.150 e. The monoisotopic (exact) mass is 355 g/mol. The van der Waals surface area contributed by atoms with E-state index in [0.29, 0.717) is 0 Å². The number of halogens is 1. The van der Waals surface area contributed by atoms with E-state index in [2.05, 4.69) is 20.1 Å². The minimum absolute atomic E-state index is 0.252. The highest BCUT2D eigenvalue weighted by Crippen LogP contribution is 2.13. The van der Waals surface area contributed by atoms with Crippen molar-refractivity contribution in [2.24, 2.45) is 0 Å². The summed E-state index contributed by atoms with van der Waals surface area (Å²) >= 11 is 0.